The molecule has 0 aliphatic heterocycles. The van der Waals surface area contributed by atoms with Crippen LogP contribution in [0.15, 0.2) is 42.5 Å². The molecule has 5 heteroatoms. The second-order valence-corrected chi connectivity index (χ2v) is 5.02. The number of carbonyl (C=O) groups excluding carboxylic acids is 1. The Labute approximate surface area is 122 Å². The van der Waals surface area contributed by atoms with E-state index in [1.54, 1.807) is 11.9 Å². The summed E-state index contributed by atoms with van der Waals surface area (Å²) in [5.41, 5.74) is 0.697. The zero-order chi connectivity index (χ0) is 14.8. The van der Waals surface area contributed by atoms with E-state index in [-0.39, 0.29) is 5.91 Å². The van der Waals surface area contributed by atoms with Crippen molar-refractivity contribution in [1.82, 2.24) is 20.1 Å². The van der Waals surface area contributed by atoms with Crippen molar-refractivity contribution in [2.24, 2.45) is 0 Å². The van der Waals surface area contributed by atoms with Gasteiger partial charge >= 0.3 is 0 Å². The Balaban J connectivity index is 1.89. The maximum Gasteiger partial charge on any atom is 0.254 e. The zero-order valence-corrected chi connectivity index (χ0v) is 12.0. The van der Waals surface area contributed by atoms with Gasteiger partial charge in [0.15, 0.2) is 5.82 Å². The summed E-state index contributed by atoms with van der Waals surface area (Å²) in [5.74, 6) is 1.33. The second-order valence-electron chi connectivity index (χ2n) is 5.02. The third-order valence-electron chi connectivity index (χ3n) is 3.39. The first-order valence-corrected chi connectivity index (χ1v) is 6.76. The first-order chi connectivity index (χ1) is 10.1. The Hall–Kier alpha value is -2.69. The number of amides is 1. The number of carbonyl (C=O) groups is 1. The molecule has 3 rings (SSSR count). The van der Waals surface area contributed by atoms with Crippen molar-refractivity contribution in [2.45, 2.75) is 13.5 Å². The van der Waals surface area contributed by atoms with E-state index in [4.69, 9.17) is 0 Å². The van der Waals surface area contributed by atoms with Gasteiger partial charge in [-0.2, -0.15) is 5.10 Å². The summed E-state index contributed by atoms with van der Waals surface area (Å²) < 4.78 is 0. The van der Waals surface area contributed by atoms with Crippen LogP contribution >= 0.6 is 0 Å². The van der Waals surface area contributed by atoms with Crippen LogP contribution in [0.3, 0.4) is 0 Å². The number of aromatic nitrogens is 3. The molecule has 0 atom stereocenters. The van der Waals surface area contributed by atoms with Crippen LogP contribution < -0.4 is 0 Å². The summed E-state index contributed by atoms with van der Waals surface area (Å²) >= 11 is 0. The topological polar surface area (TPSA) is 61.9 Å². The zero-order valence-electron chi connectivity index (χ0n) is 12.0. The molecule has 21 heavy (non-hydrogen) atoms. The maximum absolute atomic E-state index is 12.6. The molecule has 0 saturated heterocycles. The van der Waals surface area contributed by atoms with Gasteiger partial charge in [0.1, 0.15) is 5.82 Å². The Morgan fingerprint density at radius 1 is 1.19 bits per heavy atom. The van der Waals surface area contributed by atoms with Crippen LogP contribution in [0.5, 0.6) is 0 Å². The van der Waals surface area contributed by atoms with E-state index in [0.717, 1.165) is 16.6 Å². The third kappa shape index (κ3) is 2.63. The highest BCUT2D eigenvalue weighted by molar-refractivity contribution is 6.06. The van der Waals surface area contributed by atoms with Gasteiger partial charge in [-0.05, 0) is 23.8 Å². The van der Waals surface area contributed by atoms with Crippen molar-refractivity contribution < 1.29 is 4.79 Å². The molecule has 0 saturated carbocycles. The molecule has 3 aromatic rings. The SMILES string of the molecule is Cc1nc(CN(C)C(=O)c2cccc3ccccc23)n[nH]1. The van der Waals surface area contributed by atoms with Gasteiger partial charge in [-0.1, -0.05) is 36.4 Å². The van der Waals surface area contributed by atoms with Crippen molar-refractivity contribution in [1.29, 1.82) is 0 Å². The molecule has 0 unspecified atom stereocenters. The highest BCUT2D eigenvalue weighted by Gasteiger charge is 2.16. The number of aromatic amines is 1. The van der Waals surface area contributed by atoms with Crippen molar-refractivity contribution in [3.63, 3.8) is 0 Å². The molecule has 1 heterocycles. The lowest BCUT2D eigenvalue weighted by Gasteiger charge is -2.16. The van der Waals surface area contributed by atoms with E-state index in [2.05, 4.69) is 15.2 Å². The van der Waals surface area contributed by atoms with Crippen LogP contribution in [0, 0.1) is 6.92 Å². The lowest BCUT2D eigenvalue weighted by atomic mass is 10.0. The quantitative estimate of drug-likeness (QED) is 0.802. The Kier molecular flexibility index (Phi) is 3.39. The lowest BCUT2D eigenvalue weighted by molar-refractivity contribution is 0.0783. The molecule has 0 aliphatic rings. The molecule has 0 fully saturated rings. The minimum absolute atomic E-state index is 0.0331. The average molecular weight is 280 g/mol. The lowest BCUT2D eigenvalue weighted by Crippen LogP contribution is -2.26. The molecule has 106 valence electrons. The molecule has 2 aromatic carbocycles. The summed E-state index contributed by atoms with van der Waals surface area (Å²) in [6.07, 6.45) is 0. The molecule has 0 aliphatic carbocycles. The second kappa shape index (κ2) is 5.36. The van der Waals surface area contributed by atoms with E-state index in [0.29, 0.717) is 17.9 Å². The van der Waals surface area contributed by atoms with Gasteiger partial charge in [-0.3, -0.25) is 9.89 Å². The highest BCUT2D eigenvalue weighted by atomic mass is 16.2. The van der Waals surface area contributed by atoms with E-state index in [1.165, 1.54) is 0 Å². The minimum Gasteiger partial charge on any atom is -0.334 e. The number of H-pyrrole nitrogens is 1. The fraction of sp³-hybridized carbons (Fsp3) is 0.188. The number of fused-ring (bicyclic) bond motifs is 1. The average Bonchev–Trinajstić information content (AvgIpc) is 2.91. The van der Waals surface area contributed by atoms with Crippen LogP contribution in [0.4, 0.5) is 0 Å². The summed E-state index contributed by atoms with van der Waals surface area (Å²) in [4.78, 5) is 18.5. The van der Waals surface area contributed by atoms with Crippen molar-refractivity contribution in [2.75, 3.05) is 7.05 Å². The predicted molar refractivity (Wildman–Crippen MR) is 80.9 cm³/mol. The number of nitrogens with one attached hydrogen (secondary N) is 1. The number of hydrogen-bond donors (Lipinski definition) is 1. The van der Waals surface area contributed by atoms with Crippen molar-refractivity contribution in [3.8, 4) is 0 Å². The standard InChI is InChI=1S/C16H16N4O/c1-11-17-15(19-18-11)10-20(2)16(21)14-9-5-7-12-6-3-4-8-13(12)14/h3-9H,10H2,1-2H3,(H,17,18,19). The number of aryl methyl sites for hydroxylation is 1. The maximum atomic E-state index is 12.6. The predicted octanol–water partition coefficient (Wildman–Crippen LogP) is 2.54. The molecule has 1 N–H and O–H groups in total. The molecule has 1 amide bonds. The summed E-state index contributed by atoms with van der Waals surface area (Å²) in [5, 5.41) is 8.87. The van der Waals surface area contributed by atoms with Crippen LogP contribution in [0.1, 0.15) is 22.0 Å². The molecular weight excluding hydrogens is 264 g/mol. The molecule has 1 aromatic heterocycles. The first kappa shape index (κ1) is 13.3. The van der Waals surface area contributed by atoms with E-state index in [1.807, 2.05) is 49.4 Å². The fourth-order valence-electron chi connectivity index (χ4n) is 2.36. The number of nitrogens with zero attached hydrogens (tertiary/aromatic N) is 3. The first-order valence-electron chi connectivity index (χ1n) is 6.76. The Bertz CT molecular complexity index is 788. The van der Waals surface area contributed by atoms with Crippen LogP contribution in [0.2, 0.25) is 0 Å². The Morgan fingerprint density at radius 2 is 1.95 bits per heavy atom. The summed E-state index contributed by atoms with van der Waals surface area (Å²) in [6.45, 7) is 2.22. The Morgan fingerprint density at radius 3 is 2.71 bits per heavy atom. The molecule has 0 bridgehead atoms. The number of rotatable bonds is 3. The van der Waals surface area contributed by atoms with E-state index < -0.39 is 0 Å². The van der Waals surface area contributed by atoms with Gasteiger partial charge in [-0.15, -0.1) is 0 Å². The number of benzene rings is 2. The molecule has 5 nitrogen and oxygen atoms in total. The molecule has 0 spiro atoms. The van der Waals surface area contributed by atoms with E-state index in [9.17, 15) is 4.79 Å². The van der Waals surface area contributed by atoms with Crippen molar-refractivity contribution in [3.05, 3.63) is 59.7 Å². The summed E-state index contributed by atoms with van der Waals surface area (Å²) in [7, 11) is 1.76. The normalized spacial score (nSPS) is 10.8. The molecule has 0 radical (unpaired) electrons. The highest BCUT2D eigenvalue weighted by Crippen LogP contribution is 2.20. The van der Waals surface area contributed by atoms with Gasteiger partial charge in [-0.25, -0.2) is 4.98 Å². The minimum atomic E-state index is -0.0331. The van der Waals surface area contributed by atoms with Gasteiger partial charge in [0, 0.05) is 12.6 Å². The fourth-order valence-corrected chi connectivity index (χ4v) is 2.36. The largest absolute Gasteiger partial charge is 0.334 e. The van der Waals surface area contributed by atoms with Gasteiger partial charge in [0.05, 0.1) is 6.54 Å². The van der Waals surface area contributed by atoms with E-state index >= 15 is 0 Å². The van der Waals surface area contributed by atoms with Crippen LogP contribution in [-0.4, -0.2) is 33.0 Å². The van der Waals surface area contributed by atoms with Crippen LogP contribution in [0.25, 0.3) is 10.8 Å². The smallest absolute Gasteiger partial charge is 0.254 e. The number of hydrogen-bond acceptors (Lipinski definition) is 3. The molecular formula is C16H16N4O. The third-order valence-corrected chi connectivity index (χ3v) is 3.39. The van der Waals surface area contributed by atoms with Gasteiger partial charge in [0.25, 0.3) is 5.91 Å². The van der Waals surface area contributed by atoms with Crippen LogP contribution in [-0.2, 0) is 6.54 Å². The summed E-state index contributed by atoms with van der Waals surface area (Å²) in [6, 6.07) is 13.6. The monoisotopic (exact) mass is 280 g/mol. The van der Waals surface area contributed by atoms with Crippen molar-refractivity contribution >= 4 is 16.7 Å². The van der Waals surface area contributed by atoms with Gasteiger partial charge < -0.3 is 4.90 Å². The van der Waals surface area contributed by atoms with Gasteiger partial charge in [0.2, 0.25) is 0 Å².